The predicted molar refractivity (Wildman–Crippen MR) is 59.3 cm³/mol. The van der Waals surface area contributed by atoms with Gasteiger partial charge in [-0.2, -0.15) is 0 Å². The lowest BCUT2D eigenvalue weighted by atomic mass is 10.1. The Morgan fingerprint density at radius 1 is 1.35 bits per heavy atom. The summed E-state index contributed by atoms with van der Waals surface area (Å²) in [7, 11) is 0. The third kappa shape index (κ3) is 1.96. The summed E-state index contributed by atoms with van der Waals surface area (Å²) in [6.07, 6.45) is 0.738. The van der Waals surface area contributed by atoms with Gasteiger partial charge in [0.1, 0.15) is 17.7 Å². The highest BCUT2D eigenvalue weighted by molar-refractivity contribution is 5.52. The van der Waals surface area contributed by atoms with Crippen LogP contribution >= 0.6 is 0 Å². The summed E-state index contributed by atoms with van der Waals surface area (Å²) in [5.74, 6) is -0.00763. The van der Waals surface area contributed by atoms with Crippen molar-refractivity contribution in [3.63, 3.8) is 0 Å². The first-order valence-corrected chi connectivity index (χ1v) is 5.69. The minimum Gasteiger partial charge on any atom is -0.483 e. The topological polar surface area (TPSA) is 53.7 Å². The van der Waals surface area contributed by atoms with Crippen molar-refractivity contribution in [2.75, 3.05) is 18.9 Å². The summed E-state index contributed by atoms with van der Waals surface area (Å²) in [5.41, 5.74) is 6.16. The van der Waals surface area contributed by atoms with Crippen molar-refractivity contribution in [1.82, 2.24) is 0 Å². The zero-order valence-corrected chi connectivity index (χ0v) is 9.27. The number of hydrogen-bond donors (Lipinski definition) is 1. The molecule has 3 rings (SSSR count). The maximum atomic E-state index is 13.1. The molecular formula is C12H14FNO3. The summed E-state index contributed by atoms with van der Waals surface area (Å²) < 4.78 is 29.9. The van der Waals surface area contributed by atoms with Crippen molar-refractivity contribution in [2.24, 2.45) is 0 Å². The smallest absolute Gasteiger partial charge is 0.151 e. The van der Waals surface area contributed by atoms with E-state index < -0.39 is 0 Å². The molecule has 92 valence electrons. The molecular weight excluding hydrogens is 225 g/mol. The molecule has 1 aromatic carbocycles. The molecule has 17 heavy (non-hydrogen) atoms. The molecule has 0 aliphatic carbocycles. The van der Waals surface area contributed by atoms with E-state index in [-0.39, 0.29) is 24.1 Å². The van der Waals surface area contributed by atoms with E-state index in [2.05, 4.69) is 0 Å². The monoisotopic (exact) mass is 239 g/mol. The third-order valence-electron chi connectivity index (χ3n) is 3.17. The fourth-order valence-corrected chi connectivity index (χ4v) is 2.30. The van der Waals surface area contributed by atoms with Crippen LogP contribution in [0, 0.1) is 5.82 Å². The number of nitrogens with two attached hydrogens (primary N) is 1. The molecule has 0 unspecified atom stereocenters. The predicted octanol–water partition coefficient (Wildman–Crippen LogP) is 1.34. The number of benzene rings is 1. The molecule has 0 spiro atoms. The molecule has 3 atom stereocenters. The van der Waals surface area contributed by atoms with Crippen LogP contribution in [-0.2, 0) is 9.47 Å². The van der Waals surface area contributed by atoms with Gasteiger partial charge in [-0.1, -0.05) is 0 Å². The van der Waals surface area contributed by atoms with Crippen molar-refractivity contribution in [2.45, 2.75) is 24.7 Å². The molecule has 4 nitrogen and oxygen atoms in total. The van der Waals surface area contributed by atoms with Gasteiger partial charge in [0.05, 0.1) is 18.4 Å². The van der Waals surface area contributed by atoms with Gasteiger partial charge < -0.3 is 19.9 Å². The summed E-state index contributed by atoms with van der Waals surface area (Å²) >= 11 is 0. The Balaban J connectivity index is 1.76. The highest BCUT2D eigenvalue weighted by Crippen LogP contribution is 2.31. The average Bonchev–Trinajstić information content (AvgIpc) is 2.88. The number of hydrogen-bond acceptors (Lipinski definition) is 4. The van der Waals surface area contributed by atoms with Crippen molar-refractivity contribution in [3.05, 3.63) is 24.0 Å². The van der Waals surface area contributed by atoms with Gasteiger partial charge in [-0.05, 0) is 18.6 Å². The number of anilines is 1. The first-order chi connectivity index (χ1) is 8.24. The Hall–Kier alpha value is -1.33. The van der Waals surface area contributed by atoms with Crippen LogP contribution in [0.4, 0.5) is 10.1 Å². The van der Waals surface area contributed by atoms with Crippen LogP contribution in [-0.4, -0.2) is 31.5 Å². The first-order valence-electron chi connectivity index (χ1n) is 5.69. The minimum absolute atomic E-state index is 0.0577. The van der Waals surface area contributed by atoms with E-state index in [0.29, 0.717) is 24.7 Å². The van der Waals surface area contributed by atoms with E-state index >= 15 is 0 Å². The second-order valence-corrected chi connectivity index (χ2v) is 4.33. The lowest BCUT2D eigenvalue weighted by Crippen LogP contribution is -2.32. The van der Waals surface area contributed by atoms with Crippen LogP contribution in [0.2, 0.25) is 0 Å². The van der Waals surface area contributed by atoms with Crippen LogP contribution in [0.5, 0.6) is 5.75 Å². The number of ether oxygens (including phenoxy) is 3. The van der Waals surface area contributed by atoms with Gasteiger partial charge in [0.2, 0.25) is 0 Å². The summed E-state index contributed by atoms with van der Waals surface area (Å²) in [5, 5.41) is 0. The van der Waals surface area contributed by atoms with Crippen molar-refractivity contribution in [1.29, 1.82) is 0 Å². The lowest BCUT2D eigenvalue weighted by Gasteiger charge is -2.19. The molecule has 0 aromatic heterocycles. The maximum absolute atomic E-state index is 13.1. The second-order valence-electron chi connectivity index (χ2n) is 4.33. The van der Waals surface area contributed by atoms with Gasteiger partial charge in [-0.3, -0.25) is 0 Å². The molecule has 2 heterocycles. The maximum Gasteiger partial charge on any atom is 0.151 e. The average molecular weight is 239 g/mol. The van der Waals surface area contributed by atoms with Gasteiger partial charge in [0.25, 0.3) is 0 Å². The Morgan fingerprint density at radius 2 is 2.24 bits per heavy atom. The molecule has 0 radical (unpaired) electrons. The number of fused-ring (bicyclic) bond motifs is 1. The Labute approximate surface area is 98.5 Å². The molecule has 0 bridgehead atoms. The van der Waals surface area contributed by atoms with Crippen molar-refractivity contribution < 1.29 is 18.6 Å². The molecule has 1 aromatic rings. The van der Waals surface area contributed by atoms with E-state index in [0.717, 1.165) is 6.42 Å². The van der Waals surface area contributed by atoms with Crippen LogP contribution in [0.15, 0.2) is 18.2 Å². The molecule has 5 heteroatoms. The number of rotatable bonds is 2. The van der Waals surface area contributed by atoms with Gasteiger partial charge in [0, 0.05) is 12.7 Å². The van der Waals surface area contributed by atoms with Gasteiger partial charge in [-0.25, -0.2) is 4.39 Å². The summed E-state index contributed by atoms with van der Waals surface area (Å²) in [4.78, 5) is 0. The van der Waals surface area contributed by atoms with Crippen LogP contribution < -0.4 is 10.5 Å². The molecule has 0 amide bonds. The van der Waals surface area contributed by atoms with Gasteiger partial charge >= 0.3 is 0 Å². The SMILES string of the molecule is Nc1ccc(F)cc1O[C@@H]1CO[C@@H]2CCO[C@@H]21. The van der Waals surface area contributed by atoms with E-state index in [1.807, 2.05) is 0 Å². The zero-order chi connectivity index (χ0) is 11.8. The summed E-state index contributed by atoms with van der Waals surface area (Å²) in [6, 6.07) is 4.09. The fraction of sp³-hybridized carbons (Fsp3) is 0.500. The van der Waals surface area contributed by atoms with Crippen LogP contribution in [0.1, 0.15) is 6.42 Å². The second kappa shape index (κ2) is 4.16. The largest absolute Gasteiger partial charge is 0.483 e. The number of nitrogen functional groups attached to an aromatic ring is 1. The first kappa shape index (κ1) is 10.8. The normalized spacial score (nSPS) is 31.5. The molecule has 2 N–H and O–H groups in total. The zero-order valence-electron chi connectivity index (χ0n) is 9.27. The molecule has 2 saturated heterocycles. The Kier molecular flexibility index (Phi) is 2.64. The van der Waals surface area contributed by atoms with E-state index in [4.69, 9.17) is 19.9 Å². The van der Waals surface area contributed by atoms with Crippen molar-refractivity contribution >= 4 is 5.69 Å². The van der Waals surface area contributed by atoms with E-state index in [1.54, 1.807) is 0 Å². The van der Waals surface area contributed by atoms with Gasteiger partial charge in [0.15, 0.2) is 6.10 Å². The fourth-order valence-electron chi connectivity index (χ4n) is 2.30. The van der Waals surface area contributed by atoms with Crippen LogP contribution in [0.25, 0.3) is 0 Å². The standard InChI is InChI=1S/C12H14FNO3/c13-7-1-2-8(14)10(5-7)17-11-6-16-9-3-4-15-12(9)11/h1-2,5,9,11-12H,3-4,6,14H2/t9-,11-,12+/m1/s1. The van der Waals surface area contributed by atoms with Gasteiger partial charge in [-0.15, -0.1) is 0 Å². The van der Waals surface area contributed by atoms with E-state index in [1.165, 1.54) is 18.2 Å². The number of halogens is 1. The van der Waals surface area contributed by atoms with E-state index in [9.17, 15) is 4.39 Å². The lowest BCUT2D eigenvalue weighted by molar-refractivity contribution is 0.0310. The summed E-state index contributed by atoms with van der Waals surface area (Å²) in [6.45, 7) is 1.15. The molecule has 2 fully saturated rings. The quantitative estimate of drug-likeness (QED) is 0.791. The molecule has 2 aliphatic rings. The molecule has 0 saturated carbocycles. The highest BCUT2D eigenvalue weighted by Gasteiger charge is 2.43. The van der Waals surface area contributed by atoms with Crippen molar-refractivity contribution in [3.8, 4) is 5.75 Å². The Bertz CT molecular complexity index is 426. The third-order valence-corrected chi connectivity index (χ3v) is 3.17. The highest BCUT2D eigenvalue weighted by atomic mass is 19.1. The Morgan fingerprint density at radius 3 is 3.12 bits per heavy atom. The minimum atomic E-state index is -0.364. The van der Waals surface area contributed by atoms with Crippen LogP contribution in [0.3, 0.4) is 0 Å². The molecule has 2 aliphatic heterocycles.